The van der Waals surface area contributed by atoms with Gasteiger partial charge < -0.3 is 14.8 Å². The first-order valence-electron chi connectivity index (χ1n) is 7.50. The molecule has 0 radical (unpaired) electrons. The minimum Gasteiger partial charge on any atom is -0.496 e. The van der Waals surface area contributed by atoms with Crippen LogP contribution < -0.4 is 10.1 Å². The van der Waals surface area contributed by atoms with E-state index in [9.17, 15) is 0 Å². The number of benzene rings is 1. The summed E-state index contributed by atoms with van der Waals surface area (Å²) in [6.45, 7) is 7.06. The molecular weight excluding hydrogens is 288 g/mol. The highest BCUT2D eigenvalue weighted by atomic mass is 35.5. The molecule has 0 unspecified atom stereocenters. The van der Waals surface area contributed by atoms with Gasteiger partial charge >= 0.3 is 0 Å². The number of hydrogen-bond acceptors (Lipinski definition) is 4. The Morgan fingerprint density at radius 3 is 2.76 bits per heavy atom. The third kappa shape index (κ3) is 3.34. The molecular formula is C16H25ClN2O2. The molecule has 21 heavy (non-hydrogen) atoms. The quantitative estimate of drug-likeness (QED) is 0.927. The van der Waals surface area contributed by atoms with E-state index in [4.69, 9.17) is 9.47 Å². The second kappa shape index (κ2) is 7.45. The molecule has 2 saturated heterocycles. The van der Waals surface area contributed by atoms with Gasteiger partial charge in [0.15, 0.2) is 0 Å². The van der Waals surface area contributed by atoms with Crippen LogP contribution in [0.25, 0.3) is 0 Å². The fourth-order valence-corrected chi connectivity index (χ4v) is 3.50. The maximum Gasteiger partial charge on any atom is 0.122 e. The van der Waals surface area contributed by atoms with Crippen molar-refractivity contribution in [1.82, 2.24) is 10.2 Å². The van der Waals surface area contributed by atoms with Gasteiger partial charge in [-0.05, 0) is 37.1 Å². The number of halogens is 1. The third-order valence-corrected chi connectivity index (χ3v) is 4.58. The van der Waals surface area contributed by atoms with Gasteiger partial charge in [0.2, 0.25) is 0 Å². The van der Waals surface area contributed by atoms with Crippen molar-refractivity contribution in [2.24, 2.45) is 0 Å². The van der Waals surface area contributed by atoms with Crippen LogP contribution in [0.3, 0.4) is 0 Å². The standard InChI is InChI=1S/C16H24N2O2.ClH/c1-12-13(4-3-5-15(12)19-2)16-14(6-7-17-16)18-8-10-20-11-9-18;/h3-5,14,16-17H,6-11H2,1-2H3;1H/t14-,16-;/m1./s1. The molecule has 2 aliphatic heterocycles. The van der Waals surface area contributed by atoms with Crippen molar-refractivity contribution in [2.75, 3.05) is 40.0 Å². The van der Waals surface area contributed by atoms with Gasteiger partial charge in [-0.25, -0.2) is 0 Å². The van der Waals surface area contributed by atoms with Gasteiger partial charge in [-0.3, -0.25) is 4.90 Å². The molecule has 4 nitrogen and oxygen atoms in total. The summed E-state index contributed by atoms with van der Waals surface area (Å²) in [6.07, 6.45) is 1.21. The number of morpholine rings is 1. The number of hydrogen-bond donors (Lipinski definition) is 1. The zero-order chi connectivity index (χ0) is 13.9. The van der Waals surface area contributed by atoms with E-state index in [1.807, 2.05) is 6.07 Å². The van der Waals surface area contributed by atoms with Gasteiger partial charge in [0.05, 0.1) is 20.3 Å². The lowest BCUT2D eigenvalue weighted by molar-refractivity contribution is 0.0138. The molecule has 2 heterocycles. The molecule has 2 fully saturated rings. The normalized spacial score (nSPS) is 26.4. The van der Waals surface area contributed by atoms with Crippen molar-refractivity contribution in [3.05, 3.63) is 29.3 Å². The van der Waals surface area contributed by atoms with Crippen molar-refractivity contribution in [3.63, 3.8) is 0 Å². The van der Waals surface area contributed by atoms with Crippen LogP contribution in [0, 0.1) is 6.92 Å². The summed E-state index contributed by atoms with van der Waals surface area (Å²) in [5.74, 6) is 0.983. The van der Waals surface area contributed by atoms with Crippen LogP contribution in [0.4, 0.5) is 0 Å². The maximum atomic E-state index is 5.48. The lowest BCUT2D eigenvalue weighted by atomic mass is 9.95. The van der Waals surface area contributed by atoms with Crippen LogP contribution >= 0.6 is 12.4 Å². The number of ether oxygens (including phenoxy) is 2. The average Bonchev–Trinajstić information content (AvgIpc) is 2.97. The van der Waals surface area contributed by atoms with Crippen LogP contribution in [0.5, 0.6) is 5.75 Å². The Morgan fingerprint density at radius 2 is 2.05 bits per heavy atom. The van der Waals surface area contributed by atoms with Gasteiger partial charge in [0, 0.05) is 25.2 Å². The molecule has 1 N–H and O–H groups in total. The average molecular weight is 313 g/mol. The SMILES string of the molecule is COc1cccc([C@H]2NCC[C@H]2N2CCOCC2)c1C.Cl. The number of rotatable bonds is 3. The molecule has 3 rings (SSSR count). The number of nitrogens with zero attached hydrogens (tertiary/aromatic N) is 1. The molecule has 1 aromatic carbocycles. The Kier molecular flexibility index (Phi) is 5.88. The van der Waals surface area contributed by atoms with E-state index in [1.54, 1.807) is 7.11 Å². The molecule has 2 atom stereocenters. The fourth-order valence-electron chi connectivity index (χ4n) is 3.50. The molecule has 0 aliphatic carbocycles. The van der Waals surface area contributed by atoms with E-state index in [2.05, 4.69) is 29.3 Å². The lowest BCUT2D eigenvalue weighted by Gasteiger charge is -2.36. The first-order valence-corrected chi connectivity index (χ1v) is 7.50. The van der Waals surface area contributed by atoms with Crippen LogP contribution in [0.2, 0.25) is 0 Å². The van der Waals surface area contributed by atoms with E-state index in [1.165, 1.54) is 17.5 Å². The summed E-state index contributed by atoms with van der Waals surface area (Å²) in [5, 5.41) is 3.67. The molecule has 2 aliphatic rings. The van der Waals surface area contributed by atoms with E-state index in [0.29, 0.717) is 12.1 Å². The van der Waals surface area contributed by atoms with Crippen LogP contribution in [0.15, 0.2) is 18.2 Å². The van der Waals surface area contributed by atoms with Crippen molar-refractivity contribution < 1.29 is 9.47 Å². The Hall–Kier alpha value is -0.810. The molecule has 5 heteroatoms. The maximum absolute atomic E-state index is 5.48. The van der Waals surface area contributed by atoms with Gasteiger partial charge in [-0.2, -0.15) is 0 Å². The summed E-state index contributed by atoms with van der Waals surface area (Å²) in [4.78, 5) is 2.58. The topological polar surface area (TPSA) is 33.7 Å². The number of nitrogens with one attached hydrogen (secondary N) is 1. The summed E-state index contributed by atoms with van der Waals surface area (Å²) in [5.41, 5.74) is 2.63. The molecule has 0 spiro atoms. The number of methoxy groups -OCH3 is 1. The summed E-state index contributed by atoms with van der Waals surface area (Å²) in [6, 6.07) is 7.34. The summed E-state index contributed by atoms with van der Waals surface area (Å²) < 4.78 is 10.9. The lowest BCUT2D eigenvalue weighted by Crippen LogP contribution is -2.45. The highest BCUT2D eigenvalue weighted by Gasteiger charge is 2.34. The Balaban J connectivity index is 0.00000161. The predicted molar refractivity (Wildman–Crippen MR) is 86.5 cm³/mol. The second-order valence-corrected chi connectivity index (χ2v) is 5.61. The van der Waals surface area contributed by atoms with Crippen molar-refractivity contribution in [1.29, 1.82) is 0 Å². The fraction of sp³-hybridized carbons (Fsp3) is 0.625. The summed E-state index contributed by atoms with van der Waals surface area (Å²) >= 11 is 0. The molecule has 1 aromatic rings. The van der Waals surface area contributed by atoms with Crippen LogP contribution in [-0.2, 0) is 4.74 Å². The zero-order valence-corrected chi connectivity index (χ0v) is 13.6. The Labute approximate surface area is 133 Å². The van der Waals surface area contributed by atoms with Crippen LogP contribution in [-0.4, -0.2) is 50.9 Å². The second-order valence-electron chi connectivity index (χ2n) is 5.61. The van der Waals surface area contributed by atoms with Crippen molar-refractivity contribution in [2.45, 2.75) is 25.4 Å². The summed E-state index contributed by atoms with van der Waals surface area (Å²) in [7, 11) is 1.74. The third-order valence-electron chi connectivity index (χ3n) is 4.58. The highest BCUT2D eigenvalue weighted by Crippen LogP contribution is 2.33. The Bertz CT molecular complexity index is 464. The van der Waals surface area contributed by atoms with Gasteiger partial charge in [-0.15, -0.1) is 12.4 Å². The zero-order valence-electron chi connectivity index (χ0n) is 12.8. The largest absolute Gasteiger partial charge is 0.496 e. The monoisotopic (exact) mass is 312 g/mol. The van der Waals surface area contributed by atoms with Gasteiger partial charge in [-0.1, -0.05) is 12.1 Å². The van der Waals surface area contributed by atoms with Crippen LogP contribution in [0.1, 0.15) is 23.6 Å². The molecule has 0 amide bonds. The van der Waals surface area contributed by atoms with Crippen molar-refractivity contribution in [3.8, 4) is 5.75 Å². The van der Waals surface area contributed by atoms with E-state index >= 15 is 0 Å². The van der Waals surface area contributed by atoms with Gasteiger partial charge in [0.1, 0.15) is 5.75 Å². The van der Waals surface area contributed by atoms with Gasteiger partial charge in [0.25, 0.3) is 0 Å². The minimum absolute atomic E-state index is 0. The minimum atomic E-state index is 0. The highest BCUT2D eigenvalue weighted by molar-refractivity contribution is 5.85. The van der Waals surface area contributed by atoms with E-state index in [-0.39, 0.29) is 12.4 Å². The predicted octanol–water partition coefficient (Wildman–Crippen LogP) is 2.16. The molecule has 0 aromatic heterocycles. The molecule has 0 saturated carbocycles. The van der Waals surface area contributed by atoms with E-state index < -0.39 is 0 Å². The Morgan fingerprint density at radius 1 is 1.29 bits per heavy atom. The molecule has 118 valence electrons. The smallest absolute Gasteiger partial charge is 0.122 e. The van der Waals surface area contributed by atoms with Crippen molar-refractivity contribution >= 4 is 12.4 Å². The first-order chi connectivity index (χ1) is 9.81. The molecule has 0 bridgehead atoms. The van der Waals surface area contributed by atoms with E-state index in [0.717, 1.165) is 38.6 Å². The first kappa shape index (κ1) is 16.6.